The van der Waals surface area contributed by atoms with Crippen LogP contribution >= 0.6 is 0 Å². The molecule has 1 fully saturated rings. The highest BCUT2D eigenvalue weighted by molar-refractivity contribution is 5.77. The van der Waals surface area contributed by atoms with E-state index >= 15 is 0 Å². The first-order valence-electron chi connectivity index (χ1n) is 8.88. The lowest BCUT2D eigenvalue weighted by molar-refractivity contribution is -0.124. The van der Waals surface area contributed by atoms with Crippen molar-refractivity contribution in [3.8, 4) is 5.75 Å². The summed E-state index contributed by atoms with van der Waals surface area (Å²) in [5.74, 6) is 0.963. The van der Waals surface area contributed by atoms with Gasteiger partial charge in [-0.3, -0.25) is 9.69 Å². The standard InChI is InChI=1S/C19H28F2N2O2/c1-13(2)15-5-4-14(3)17(10-15)25-12-19(24)22-16-6-8-23(9-7-16)11-18(20)21/h4-5,10,13,16,18H,6-9,11-12H2,1-3H3,(H,22,24). The highest BCUT2D eigenvalue weighted by atomic mass is 19.3. The maximum atomic E-state index is 12.4. The molecular formula is C19H28F2N2O2. The summed E-state index contributed by atoms with van der Waals surface area (Å²) in [5, 5.41) is 2.94. The van der Waals surface area contributed by atoms with Crippen LogP contribution in [0.3, 0.4) is 0 Å². The van der Waals surface area contributed by atoms with Gasteiger partial charge in [0.15, 0.2) is 6.61 Å². The van der Waals surface area contributed by atoms with E-state index in [-0.39, 0.29) is 25.1 Å². The fourth-order valence-electron chi connectivity index (χ4n) is 3.00. The van der Waals surface area contributed by atoms with Crippen LogP contribution in [0.5, 0.6) is 5.75 Å². The van der Waals surface area contributed by atoms with Crippen molar-refractivity contribution in [2.45, 2.75) is 52.0 Å². The average molecular weight is 354 g/mol. The molecule has 0 atom stereocenters. The number of carbonyl (C=O) groups is 1. The van der Waals surface area contributed by atoms with E-state index < -0.39 is 6.43 Å². The lowest BCUT2D eigenvalue weighted by atomic mass is 10.0. The zero-order chi connectivity index (χ0) is 18.4. The Balaban J connectivity index is 1.77. The number of amides is 1. The molecule has 0 aliphatic carbocycles. The Kier molecular flexibility index (Phi) is 7.17. The summed E-state index contributed by atoms with van der Waals surface area (Å²) in [5.41, 5.74) is 2.17. The number of nitrogens with one attached hydrogen (secondary N) is 1. The lowest BCUT2D eigenvalue weighted by Gasteiger charge is -2.32. The summed E-state index contributed by atoms with van der Waals surface area (Å²) < 4.78 is 30.4. The zero-order valence-electron chi connectivity index (χ0n) is 15.2. The minimum Gasteiger partial charge on any atom is -0.483 e. The quantitative estimate of drug-likeness (QED) is 0.816. The van der Waals surface area contributed by atoms with Gasteiger partial charge in [-0.1, -0.05) is 26.0 Å². The van der Waals surface area contributed by atoms with Gasteiger partial charge in [-0.05, 0) is 42.9 Å². The van der Waals surface area contributed by atoms with E-state index in [0.717, 1.165) is 11.3 Å². The Labute approximate surface area is 148 Å². The first-order chi connectivity index (χ1) is 11.8. The molecule has 0 bridgehead atoms. The van der Waals surface area contributed by atoms with Crippen molar-refractivity contribution in [1.82, 2.24) is 10.2 Å². The predicted octanol–water partition coefficient (Wildman–Crippen LogP) is 3.34. The number of nitrogens with zero attached hydrogens (tertiary/aromatic N) is 1. The van der Waals surface area contributed by atoms with Crippen LogP contribution in [-0.4, -0.2) is 49.5 Å². The molecule has 0 aromatic heterocycles. The van der Waals surface area contributed by atoms with Gasteiger partial charge in [-0.15, -0.1) is 0 Å². The van der Waals surface area contributed by atoms with Crippen molar-refractivity contribution in [3.63, 3.8) is 0 Å². The monoisotopic (exact) mass is 354 g/mol. The largest absolute Gasteiger partial charge is 0.483 e. The molecule has 140 valence electrons. The number of hydrogen-bond acceptors (Lipinski definition) is 3. The molecule has 1 aliphatic rings. The predicted molar refractivity (Wildman–Crippen MR) is 94.4 cm³/mol. The van der Waals surface area contributed by atoms with Crippen LogP contribution in [0.1, 0.15) is 43.7 Å². The molecule has 1 aliphatic heterocycles. The van der Waals surface area contributed by atoms with E-state index in [1.807, 2.05) is 19.1 Å². The molecule has 1 aromatic rings. The van der Waals surface area contributed by atoms with Crippen molar-refractivity contribution >= 4 is 5.91 Å². The first kappa shape index (κ1) is 19.6. The van der Waals surface area contributed by atoms with Crippen LogP contribution in [0.4, 0.5) is 8.78 Å². The van der Waals surface area contributed by atoms with Crippen LogP contribution in [0.15, 0.2) is 18.2 Å². The van der Waals surface area contributed by atoms with Crippen LogP contribution in [0.25, 0.3) is 0 Å². The van der Waals surface area contributed by atoms with Crippen molar-refractivity contribution in [2.24, 2.45) is 0 Å². The molecule has 0 spiro atoms. The third-order valence-corrected chi connectivity index (χ3v) is 4.59. The number of benzene rings is 1. The Morgan fingerprint density at radius 2 is 2.00 bits per heavy atom. The molecule has 4 nitrogen and oxygen atoms in total. The number of ether oxygens (including phenoxy) is 1. The third kappa shape index (κ3) is 6.27. The molecule has 1 aromatic carbocycles. The molecule has 1 heterocycles. The number of likely N-dealkylation sites (tertiary alicyclic amines) is 1. The van der Waals surface area contributed by atoms with Gasteiger partial charge < -0.3 is 10.1 Å². The number of carbonyl (C=O) groups excluding carboxylic acids is 1. The van der Waals surface area contributed by atoms with Gasteiger partial charge in [-0.2, -0.15) is 0 Å². The van der Waals surface area contributed by atoms with Crippen molar-refractivity contribution in [1.29, 1.82) is 0 Å². The van der Waals surface area contributed by atoms with Gasteiger partial charge >= 0.3 is 0 Å². The summed E-state index contributed by atoms with van der Waals surface area (Å²) in [4.78, 5) is 13.8. The second-order valence-electron chi connectivity index (χ2n) is 7.00. The Morgan fingerprint density at radius 1 is 1.32 bits per heavy atom. The summed E-state index contributed by atoms with van der Waals surface area (Å²) in [7, 11) is 0. The van der Waals surface area contributed by atoms with Crippen molar-refractivity contribution < 1.29 is 18.3 Å². The van der Waals surface area contributed by atoms with Crippen molar-refractivity contribution in [3.05, 3.63) is 29.3 Å². The lowest BCUT2D eigenvalue weighted by Crippen LogP contribution is -2.46. The maximum Gasteiger partial charge on any atom is 0.258 e. The second-order valence-corrected chi connectivity index (χ2v) is 7.00. The van der Waals surface area contributed by atoms with E-state index in [9.17, 15) is 13.6 Å². The highest BCUT2D eigenvalue weighted by Gasteiger charge is 2.22. The topological polar surface area (TPSA) is 41.6 Å². The number of alkyl halides is 2. The third-order valence-electron chi connectivity index (χ3n) is 4.59. The van der Waals surface area contributed by atoms with Gasteiger partial charge in [0.1, 0.15) is 5.75 Å². The highest BCUT2D eigenvalue weighted by Crippen LogP contribution is 2.24. The second kappa shape index (κ2) is 9.13. The number of aryl methyl sites for hydroxylation is 1. The SMILES string of the molecule is Cc1ccc(C(C)C)cc1OCC(=O)NC1CCN(CC(F)F)CC1. The summed E-state index contributed by atoms with van der Waals surface area (Å²) in [6, 6.07) is 6.09. The summed E-state index contributed by atoms with van der Waals surface area (Å²) >= 11 is 0. The molecule has 6 heteroatoms. The minimum atomic E-state index is -2.30. The maximum absolute atomic E-state index is 12.4. The fraction of sp³-hybridized carbons (Fsp3) is 0.632. The zero-order valence-corrected chi connectivity index (χ0v) is 15.2. The molecule has 1 N–H and O–H groups in total. The van der Waals surface area contributed by atoms with E-state index in [2.05, 4.69) is 25.2 Å². The van der Waals surface area contributed by atoms with E-state index in [1.54, 1.807) is 4.90 Å². The van der Waals surface area contributed by atoms with E-state index in [4.69, 9.17) is 4.74 Å². The Hall–Kier alpha value is -1.69. The normalized spacial score (nSPS) is 16.4. The number of hydrogen-bond donors (Lipinski definition) is 1. The number of halogens is 2. The van der Waals surface area contributed by atoms with Crippen LogP contribution < -0.4 is 10.1 Å². The number of rotatable bonds is 7. The molecule has 0 radical (unpaired) electrons. The van der Waals surface area contributed by atoms with Gasteiger partial charge in [0.25, 0.3) is 12.3 Å². The summed E-state index contributed by atoms with van der Waals surface area (Å²) in [6.07, 6.45) is -0.912. The molecule has 2 rings (SSSR count). The fourth-order valence-corrected chi connectivity index (χ4v) is 3.00. The minimum absolute atomic E-state index is 0.0281. The molecule has 1 amide bonds. The van der Waals surface area contributed by atoms with Gasteiger partial charge in [0, 0.05) is 19.1 Å². The first-order valence-corrected chi connectivity index (χ1v) is 8.88. The van der Waals surface area contributed by atoms with Gasteiger partial charge in [0.2, 0.25) is 0 Å². The Bertz CT molecular complexity index is 571. The Morgan fingerprint density at radius 3 is 2.60 bits per heavy atom. The van der Waals surface area contributed by atoms with Crippen LogP contribution in [-0.2, 0) is 4.79 Å². The summed E-state index contributed by atoms with van der Waals surface area (Å²) in [6.45, 7) is 7.14. The molecule has 1 saturated heterocycles. The molecule has 0 unspecified atom stereocenters. The molecular weight excluding hydrogens is 326 g/mol. The smallest absolute Gasteiger partial charge is 0.258 e. The van der Waals surface area contributed by atoms with E-state index in [0.29, 0.717) is 31.8 Å². The number of piperidine rings is 1. The van der Waals surface area contributed by atoms with Crippen molar-refractivity contribution in [2.75, 3.05) is 26.2 Å². The van der Waals surface area contributed by atoms with Gasteiger partial charge in [-0.25, -0.2) is 8.78 Å². The molecule has 0 saturated carbocycles. The van der Waals surface area contributed by atoms with Gasteiger partial charge in [0.05, 0.1) is 6.54 Å². The van der Waals surface area contributed by atoms with Crippen LogP contribution in [0, 0.1) is 6.92 Å². The van der Waals surface area contributed by atoms with Crippen LogP contribution in [0.2, 0.25) is 0 Å². The average Bonchev–Trinajstić information content (AvgIpc) is 2.55. The molecule has 25 heavy (non-hydrogen) atoms. The van der Waals surface area contributed by atoms with E-state index in [1.165, 1.54) is 5.56 Å².